The molecule has 0 aliphatic carbocycles. The van der Waals surface area contributed by atoms with Crippen molar-refractivity contribution in [2.75, 3.05) is 0 Å². The minimum Gasteiger partial charge on any atom is -0.269 e. The summed E-state index contributed by atoms with van der Waals surface area (Å²) in [6, 6.07) is 0. The fourth-order valence-corrected chi connectivity index (χ4v) is 1.39. The molecular formula is C7H8F5NO3S. The van der Waals surface area contributed by atoms with Crippen molar-refractivity contribution in [2.24, 2.45) is 0 Å². The van der Waals surface area contributed by atoms with Crippen molar-refractivity contribution in [1.82, 2.24) is 4.72 Å². The molecule has 0 aliphatic heterocycles. The number of rotatable bonds is 3. The van der Waals surface area contributed by atoms with E-state index in [1.807, 2.05) is 0 Å². The van der Waals surface area contributed by atoms with E-state index in [-0.39, 0.29) is 5.57 Å². The Hall–Kier alpha value is -1.19. The molecule has 0 aromatic carbocycles. The van der Waals surface area contributed by atoms with Crippen LogP contribution in [0.4, 0.5) is 22.0 Å². The highest BCUT2D eigenvalue weighted by molar-refractivity contribution is 7.91. The molecule has 0 atom stereocenters. The maximum atomic E-state index is 12.5. The van der Waals surface area contributed by atoms with Crippen LogP contribution in [-0.4, -0.2) is 25.8 Å². The fraction of sp³-hybridized carbons (Fsp3) is 0.571. The summed E-state index contributed by atoms with van der Waals surface area (Å²) < 4.78 is 82.3. The second kappa shape index (κ2) is 4.59. The molecular weight excluding hydrogens is 273 g/mol. The maximum absolute atomic E-state index is 12.5. The molecule has 17 heavy (non-hydrogen) atoms. The number of carbonyl (C=O) groups excluding carboxylic acids is 1. The van der Waals surface area contributed by atoms with E-state index in [9.17, 15) is 35.2 Å². The van der Waals surface area contributed by atoms with Gasteiger partial charge in [-0.1, -0.05) is 6.08 Å². The van der Waals surface area contributed by atoms with Crippen LogP contribution in [0.2, 0.25) is 0 Å². The molecule has 0 bridgehead atoms. The lowest BCUT2D eigenvalue weighted by atomic mass is 10.3. The Bertz CT molecular complexity index is 437. The second-order valence-electron chi connectivity index (χ2n) is 2.92. The summed E-state index contributed by atoms with van der Waals surface area (Å²) in [6.07, 6.45) is -5.25. The zero-order valence-electron chi connectivity index (χ0n) is 8.60. The van der Waals surface area contributed by atoms with Crippen LogP contribution >= 0.6 is 0 Å². The van der Waals surface area contributed by atoms with Gasteiger partial charge in [-0.3, -0.25) is 4.79 Å². The number of allylic oxidation sites excluding steroid dienone is 1. The summed E-state index contributed by atoms with van der Waals surface area (Å²) in [5.74, 6) is -1.54. The van der Waals surface area contributed by atoms with E-state index in [4.69, 9.17) is 0 Å². The average molecular weight is 281 g/mol. The van der Waals surface area contributed by atoms with E-state index in [2.05, 4.69) is 0 Å². The molecule has 0 aliphatic rings. The first-order valence-corrected chi connectivity index (χ1v) is 5.49. The van der Waals surface area contributed by atoms with Crippen molar-refractivity contribution in [2.45, 2.75) is 25.3 Å². The predicted octanol–water partition coefficient (Wildman–Crippen LogP) is 1.55. The standard InChI is InChI=1S/C7H8F5NO3S/c1-3-4(2)5(14)13-17(15,16)7(11,12)6(8,9)10/h3H,1-2H3,(H,13,14)/b4-3+. The van der Waals surface area contributed by atoms with Crippen LogP contribution in [0.5, 0.6) is 0 Å². The zero-order chi connectivity index (χ0) is 14.1. The van der Waals surface area contributed by atoms with Crippen molar-refractivity contribution in [3.8, 4) is 0 Å². The normalized spacial score (nSPS) is 14.6. The minimum atomic E-state index is -6.30. The van der Waals surface area contributed by atoms with Gasteiger partial charge in [0, 0.05) is 5.57 Å². The Balaban J connectivity index is 5.27. The average Bonchev–Trinajstić information content (AvgIpc) is 2.13. The molecule has 0 spiro atoms. The zero-order valence-corrected chi connectivity index (χ0v) is 9.42. The quantitative estimate of drug-likeness (QED) is 0.630. The van der Waals surface area contributed by atoms with Crippen molar-refractivity contribution in [3.05, 3.63) is 11.6 Å². The molecule has 0 radical (unpaired) electrons. The summed E-state index contributed by atoms with van der Waals surface area (Å²) in [5.41, 5.74) is -0.313. The lowest BCUT2D eigenvalue weighted by molar-refractivity contribution is -0.241. The molecule has 1 N–H and O–H groups in total. The van der Waals surface area contributed by atoms with Gasteiger partial charge in [0.15, 0.2) is 0 Å². The SMILES string of the molecule is C/C=C(\C)C(=O)NS(=O)(=O)C(F)(F)C(F)(F)F. The van der Waals surface area contributed by atoms with Gasteiger partial charge >= 0.3 is 21.5 Å². The first-order chi connectivity index (χ1) is 7.37. The Morgan fingerprint density at radius 2 is 1.59 bits per heavy atom. The fourth-order valence-electron chi connectivity index (χ4n) is 0.550. The third-order valence-corrected chi connectivity index (χ3v) is 3.05. The van der Waals surface area contributed by atoms with E-state index in [0.29, 0.717) is 4.72 Å². The first kappa shape index (κ1) is 15.8. The third kappa shape index (κ3) is 3.14. The van der Waals surface area contributed by atoms with Gasteiger partial charge in [-0.2, -0.15) is 30.4 Å². The summed E-state index contributed by atoms with van der Waals surface area (Å²) in [7, 11) is -6.17. The Morgan fingerprint density at radius 1 is 1.18 bits per heavy atom. The van der Waals surface area contributed by atoms with Crippen LogP contribution in [0.3, 0.4) is 0 Å². The maximum Gasteiger partial charge on any atom is 0.471 e. The van der Waals surface area contributed by atoms with Crippen LogP contribution in [0.15, 0.2) is 11.6 Å². The van der Waals surface area contributed by atoms with Gasteiger partial charge in [0.25, 0.3) is 5.91 Å². The van der Waals surface area contributed by atoms with E-state index < -0.39 is 27.4 Å². The molecule has 100 valence electrons. The highest BCUT2D eigenvalue weighted by Gasteiger charge is 2.68. The molecule has 0 heterocycles. The lowest BCUT2D eigenvalue weighted by Gasteiger charge is -2.19. The minimum absolute atomic E-state index is 0.313. The van der Waals surface area contributed by atoms with Crippen LogP contribution < -0.4 is 4.72 Å². The van der Waals surface area contributed by atoms with Crippen molar-refractivity contribution in [1.29, 1.82) is 0 Å². The molecule has 0 saturated heterocycles. The smallest absolute Gasteiger partial charge is 0.269 e. The number of amides is 1. The van der Waals surface area contributed by atoms with Gasteiger partial charge in [-0.25, -0.2) is 4.72 Å². The monoisotopic (exact) mass is 281 g/mol. The van der Waals surface area contributed by atoms with E-state index in [1.54, 1.807) is 0 Å². The molecule has 4 nitrogen and oxygen atoms in total. The third-order valence-electron chi connectivity index (χ3n) is 1.69. The van der Waals surface area contributed by atoms with Crippen LogP contribution in [-0.2, 0) is 14.8 Å². The highest BCUT2D eigenvalue weighted by Crippen LogP contribution is 2.39. The molecule has 0 unspecified atom stereocenters. The Labute approximate surface area is 93.5 Å². The lowest BCUT2D eigenvalue weighted by Crippen LogP contribution is -2.51. The highest BCUT2D eigenvalue weighted by atomic mass is 32.2. The number of hydrogen-bond acceptors (Lipinski definition) is 3. The number of carbonyl (C=O) groups is 1. The van der Waals surface area contributed by atoms with Crippen molar-refractivity contribution in [3.63, 3.8) is 0 Å². The largest absolute Gasteiger partial charge is 0.471 e. The summed E-state index contributed by atoms with van der Waals surface area (Å²) in [5, 5.41) is -6.04. The number of hydrogen-bond donors (Lipinski definition) is 1. The molecule has 0 saturated carbocycles. The van der Waals surface area contributed by atoms with Crippen LogP contribution in [0.25, 0.3) is 0 Å². The summed E-state index contributed by atoms with van der Waals surface area (Å²) >= 11 is 0. The molecule has 0 fully saturated rings. The molecule has 0 aromatic heterocycles. The second-order valence-corrected chi connectivity index (χ2v) is 4.64. The van der Waals surface area contributed by atoms with Crippen molar-refractivity contribution >= 4 is 15.9 Å². The van der Waals surface area contributed by atoms with Gasteiger partial charge < -0.3 is 0 Å². The van der Waals surface area contributed by atoms with E-state index >= 15 is 0 Å². The van der Waals surface area contributed by atoms with Gasteiger partial charge in [0.2, 0.25) is 0 Å². The van der Waals surface area contributed by atoms with Gasteiger partial charge in [0.05, 0.1) is 0 Å². The number of nitrogens with one attached hydrogen (secondary N) is 1. The van der Waals surface area contributed by atoms with Crippen LogP contribution in [0, 0.1) is 0 Å². The summed E-state index contributed by atoms with van der Waals surface area (Å²) in [6.45, 7) is 2.33. The van der Waals surface area contributed by atoms with Gasteiger partial charge in [0.1, 0.15) is 0 Å². The Kier molecular flexibility index (Phi) is 4.27. The van der Waals surface area contributed by atoms with Gasteiger partial charge in [-0.05, 0) is 13.8 Å². The molecule has 1 amide bonds. The van der Waals surface area contributed by atoms with E-state index in [1.165, 1.54) is 6.92 Å². The molecule has 0 aromatic rings. The number of alkyl halides is 5. The first-order valence-electron chi connectivity index (χ1n) is 4.01. The number of sulfonamides is 1. The Morgan fingerprint density at radius 3 is 1.88 bits per heavy atom. The van der Waals surface area contributed by atoms with Crippen LogP contribution in [0.1, 0.15) is 13.8 Å². The van der Waals surface area contributed by atoms with Gasteiger partial charge in [-0.15, -0.1) is 0 Å². The van der Waals surface area contributed by atoms with E-state index in [0.717, 1.165) is 13.0 Å². The number of halogens is 5. The molecule has 10 heteroatoms. The predicted molar refractivity (Wildman–Crippen MR) is 47.5 cm³/mol. The molecule has 0 rings (SSSR count). The topological polar surface area (TPSA) is 63.2 Å². The van der Waals surface area contributed by atoms with Crippen molar-refractivity contribution < 1.29 is 35.2 Å². The summed E-state index contributed by atoms with van der Waals surface area (Å²) in [4.78, 5) is 10.9.